The first-order valence-electron chi connectivity index (χ1n) is 43.0. The van der Waals surface area contributed by atoms with Crippen molar-refractivity contribution in [3.05, 3.63) is 144 Å². The molecule has 12 aromatic rings. The Morgan fingerprint density at radius 3 is 0.727 bits per heavy atom. The van der Waals surface area contributed by atoms with Gasteiger partial charge in [-0.1, -0.05) is 0 Å². The van der Waals surface area contributed by atoms with Gasteiger partial charge in [-0.2, -0.15) is 0 Å². The van der Waals surface area contributed by atoms with Crippen LogP contribution in [0, 0.1) is 51.0 Å². The van der Waals surface area contributed by atoms with Crippen LogP contribution in [0.3, 0.4) is 0 Å². The summed E-state index contributed by atoms with van der Waals surface area (Å²) in [4.78, 5) is 83.3. The highest BCUT2D eigenvalue weighted by molar-refractivity contribution is 6.04. The summed E-state index contributed by atoms with van der Waals surface area (Å²) in [6.45, 7) is 21.8. The first-order chi connectivity index (χ1) is 63.7. The first kappa shape index (κ1) is 89.3. The number of aromatic nitrogens is 8. The van der Waals surface area contributed by atoms with Crippen LogP contribution in [0.15, 0.2) is 98.1 Å². The molecule has 0 saturated carbocycles. The molecule has 16 heterocycles. The predicted molar refractivity (Wildman–Crippen MR) is 488 cm³/mol. The van der Waals surface area contributed by atoms with Gasteiger partial charge in [0.1, 0.15) is 96.9 Å². The molecule has 8 aromatic heterocycles. The average molecular weight is 1810 g/mol. The molecule has 4 amide bonds. The van der Waals surface area contributed by atoms with Crippen molar-refractivity contribution in [3.63, 3.8) is 0 Å². The number of halogens is 4. The lowest BCUT2D eigenvalue weighted by Crippen LogP contribution is -2.27. The van der Waals surface area contributed by atoms with Gasteiger partial charge in [-0.3, -0.25) is 21.3 Å². The maximum Gasteiger partial charge on any atom is 0.413 e. The smallest absolute Gasteiger partial charge is 0.413 e. The number of rotatable bonds is 12. The summed E-state index contributed by atoms with van der Waals surface area (Å²) in [6.07, 6.45) is 10.3. The number of ether oxygens (including phenoxy) is 12. The van der Waals surface area contributed by atoms with Crippen LogP contribution < -0.4 is 84.4 Å². The molecule has 16 N–H and O–H groups in total. The number of amides is 4. The summed E-state index contributed by atoms with van der Waals surface area (Å²) >= 11 is 0. The first-order valence-corrected chi connectivity index (χ1v) is 43.0. The van der Waals surface area contributed by atoms with Crippen molar-refractivity contribution >= 4 is 136 Å². The summed E-state index contributed by atoms with van der Waals surface area (Å²) in [7, 11) is 0. The number of hydrogen-bond donors (Lipinski definition) is 12. The highest BCUT2D eigenvalue weighted by atomic mass is 19.1. The van der Waals surface area contributed by atoms with Gasteiger partial charge in [0.2, 0.25) is 23.5 Å². The van der Waals surface area contributed by atoms with E-state index in [0.717, 1.165) is 45.0 Å². The zero-order chi connectivity index (χ0) is 92.4. The molecule has 0 bridgehead atoms. The minimum atomic E-state index is -0.625. The molecule has 132 heavy (non-hydrogen) atoms. The molecular formula is C92H96F4N20O16. The number of nitrogens with one attached hydrogen (secondary N) is 8. The number of carbonyl (C=O) groups is 4. The Hall–Kier alpha value is -14.6. The van der Waals surface area contributed by atoms with Crippen molar-refractivity contribution in [1.82, 2.24) is 39.9 Å². The van der Waals surface area contributed by atoms with E-state index in [1.54, 1.807) is 73.3 Å². The van der Waals surface area contributed by atoms with E-state index < -0.39 is 47.6 Å². The Morgan fingerprint density at radius 1 is 0.318 bits per heavy atom. The van der Waals surface area contributed by atoms with Crippen LogP contribution in [0.5, 0.6) is 23.5 Å². The normalized spacial score (nSPS) is 19.5. The zero-order valence-corrected chi connectivity index (χ0v) is 73.1. The SMILES string of the molecule is Cc1c(-c2cc3cc(NC(=O)O[C@@H]4CCO[C@@H]4C)ncc3c(N)c2F)cnc2c1NCCO2.Cc1c(-c2cc3cc(NC(=O)O[C@@H]4CCO[C@H]4C)ncc3c(N)c2F)cnc2c1NCCO2.Cc1c(-c2cc3cc(NC(=O)O[C@H]4CCO[C@@H]4C)ncc3c(N)c2F)cnc2c1NCCO2.Cc1c(-c2cc3cc(NC(=O)O[C@H]4CCO[C@H]4C)ncc3c(N)c2F)cnc2c1NCCO2. The summed E-state index contributed by atoms with van der Waals surface area (Å²) < 4.78 is 127. The van der Waals surface area contributed by atoms with Crippen LogP contribution in [0.25, 0.3) is 87.6 Å². The largest absolute Gasteiger partial charge is 0.474 e. The van der Waals surface area contributed by atoms with Gasteiger partial charge in [0.15, 0.2) is 23.3 Å². The Balaban J connectivity index is 0.000000123. The topological polar surface area (TPSA) is 482 Å². The van der Waals surface area contributed by atoms with Gasteiger partial charge in [-0.15, -0.1) is 0 Å². The zero-order valence-electron chi connectivity index (χ0n) is 73.1. The maximum absolute atomic E-state index is 15.3. The van der Waals surface area contributed by atoms with Crippen molar-refractivity contribution in [2.24, 2.45) is 0 Å². The number of nitrogens with zero attached hydrogens (tertiary/aromatic N) is 8. The molecule has 0 aliphatic carbocycles. The Morgan fingerprint density at radius 2 is 0.530 bits per heavy atom. The molecule has 0 spiro atoms. The molecule has 8 atom stereocenters. The van der Waals surface area contributed by atoms with E-state index in [2.05, 4.69) is 82.4 Å². The monoisotopic (exact) mass is 1810 g/mol. The van der Waals surface area contributed by atoms with E-state index >= 15 is 17.6 Å². The van der Waals surface area contributed by atoms with Crippen LogP contribution >= 0.6 is 0 Å². The van der Waals surface area contributed by atoms with Crippen LogP contribution in [-0.2, 0) is 37.9 Å². The third-order valence-corrected chi connectivity index (χ3v) is 24.1. The summed E-state index contributed by atoms with van der Waals surface area (Å²) in [6, 6.07) is 13.2. The lowest BCUT2D eigenvalue weighted by molar-refractivity contribution is 0.0419. The van der Waals surface area contributed by atoms with E-state index in [1.807, 2.05) is 55.4 Å². The number of fused-ring (bicyclic) bond motifs is 8. The molecule has 40 heteroatoms. The molecule has 8 aliphatic heterocycles. The number of nitrogens with two attached hydrogens (primary N) is 4. The van der Waals surface area contributed by atoms with E-state index in [9.17, 15) is 19.2 Å². The van der Waals surface area contributed by atoms with Crippen LogP contribution in [0.1, 0.15) is 75.6 Å². The lowest BCUT2D eigenvalue weighted by atomic mass is 9.97. The number of nitrogen functional groups attached to an aromatic ring is 4. The van der Waals surface area contributed by atoms with Gasteiger partial charge in [0.05, 0.1) is 73.6 Å². The molecule has 0 radical (unpaired) electrons. The van der Waals surface area contributed by atoms with Crippen molar-refractivity contribution in [2.45, 2.75) is 130 Å². The Labute approximate surface area is 752 Å². The van der Waals surface area contributed by atoms with Crippen molar-refractivity contribution in [3.8, 4) is 68.0 Å². The third-order valence-electron chi connectivity index (χ3n) is 24.1. The minimum Gasteiger partial charge on any atom is -0.474 e. The van der Waals surface area contributed by atoms with E-state index in [1.165, 1.54) is 24.8 Å². The van der Waals surface area contributed by atoms with E-state index in [-0.39, 0.29) is 94.9 Å². The molecule has 0 unspecified atom stereocenters. The highest BCUT2D eigenvalue weighted by Crippen LogP contribution is 2.46. The number of hydrogen-bond acceptors (Lipinski definition) is 32. The van der Waals surface area contributed by atoms with Crippen molar-refractivity contribution in [2.75, 3.05) is 145 Å². The second-order valence-corrected chi connectivity index (χ2v) is 32.5. The second-order valence-electron chi connectivity index (χ2n) is 32.5. The van der Waals surface area contributed by atoms with Gasteiger partial charge in [-0.05, 0) is 148 Å². The van der Waals surface area contributed by atoms with E-state index in [0.29, 0.717) is 216 Å². The number of carbonyl (C=O) groups excluding carboxylic acids is 4. The standard InChI is InChI=1S/4C23H24FN5O4/c4*1-11-15(9-28-22-21(11)26-4-6-32-22)14-7-13-8-18(27-10-16(13)20(25)19(14)24)29-23(30)33-17-3-5-31-12(17)2/h4*7-10,12,17,26H,3-6,25H2,1-2H3,(H,27,29,30)/t2*12-,17+;2*12-,17-/m1010/s1. The molecule has 4 aromatic carbocycles. The second kappa shape index (κ2) is 38.2. The summed E-state index contributed by atoms with van der Waals surface area (Å²) in [5.41, 5.74) is 34.1. The third kappa shape index (κ3) is 18.5. The predicted octanol–water partition coefficient (Wildman–Crippen LogP) is 15.4. The average Bonchev–Trinajstić information content (AvgIpc) is 1.50. The Bertz CT molecular complexity index is 5780. The molecule has 4 fully saturated rings. The van der Waals surface area contributed by atoms with E-state index in [4.69, 9.17) is 79.8 Å². The molecule has 36 nitrogen and oxygen atoms in total. The number of benzene rings is 4. The fourth-order valence-electron chi connectivity index (χ4n) is 16.8. The van der Waals surface area contributed by atoms with Crippen molar-refractivity contribution in [1.29, 1.82) is 0 Å². The molecule has 20 rings (SSSR count). The fourth-order valence-corrected chi connectivity index (χ4v) is 16.8. The maximum atomic E-state index is 15.3. The van der Waals surface area contributed by atoms with Gasteiger partial charge >= 0.3 is 24.4 Å². The molecule has 8 aliphatic rings. The van der Waals surface area contributed by atoms with Gasteiger partial charge < -0.3 is 101 Å². The van der Waals surface area contributed by atoms with Gasteiger partial charge in [-0.25, -0.2) is 76.6 Å². The highest BCUT2D eigenvalue weighted by Gasteiger charge is 2.35. The van der Waals surface area contributed by atoms with Crippen LogP contribution in [0.4, 0.5) is 106 Å². The molecular weight excluding hydrogens is 1720 g/mol. The van der Waals surface area contributed by atoms with Crippen molar-refractivity contribution < 1.29 is 93.6 Å². The van der Waals surface area contributed by atoms with Gasteiger partial charge in [0, 0.05) is 167 Å². The molecule has 4 saturated heterocycles. The van der Waals surface area contributed by atoms with Crippen LogP contribution in [-0.4, -0.2) is 192 Å². The van der Waals surface area contributed by atoms with Crippen LogP contribution in [0.2, 0.25) is 0 Å². The molecule has 688 valence electrons. The van der Waals surface area contributed by atoms with Gasteiger partial charge in [0.25, 0.3) is 0 Å². The minimum absolute atomic E-state index is 0.0256. The quantitative estimate of drug-likeness (QED) is 0.0307. The lowest BCUT2D eigenvalue weighted by Gasteiger charge is -2.22. The number of pyridine rings is 8. The number of anilines is 12. The Kier molecular flexibility index (Phi) is 25.9. The fraction of sp³-hybridized carbons (Fsp3) is 0.348. The summed E-state index contributed by atoms with van der Waals surface area (Å²) in [5, 5.41) is 27.8. The summed E-state index contributed by atoms with van der Waals surface area (Å²) in [5.74, 6) is 0.835.